The minimum absolute atomic E-state index is 0.0256. The lowest BCUT2D eigenvalue weighted by Gasteiger charge is -2.13. The highest BCUT2D eigenvalue weighted by molar-refractivity contribution is 7.91. The number of alkyl halides is 3. The predicted octanol–water partition coefficient (Wildman–Crippen LogP) is 2.19. The van der Waals surface area contributed by atoms with E-state index in [0.29, 0.717) is 5.56 Å². The summed E-state index contributed by atoms with van der Waals surface area (Å²) in [5.41, 5.74) is -5.17. The van der Waals surface area contributed by atoms with Gasteiger partial charge in [-0.1, -0.05) is 19.2 Å². The van der Waals surface area contributed by atoms with Crippen molar-refractivity contribution in [1.82, 2.24) is 0 Å². The maximum Gasteiger partial charge on any atom is 0.518 e. The Morgan fingerprint density at radius 1 is 1.10 bits per heavy atom. The first kappa shape index (κ1) is 24.9. The molecule has 1 rings (SSSR count). The summed E-state index contributed by atoms with van der Waals surface area (Å²) in [4.78, 5) is 22.8. The standard InChI is InChI=1S/C18H18F3NO7S/c1-3-16(24)28-13-10-9-12(14(11-13)29-17(25)4-2)7-5-6-8-15(23)22-30(26,27)18(19,20)21/h3-4,9-11H,1-2,5-8H2,(H,22,23)/p-1. The number of ether oxygens (including phenoxy) is 2. The molecule has 0 heterocycles. The van der Waals surface area contributed by atoms with Crippen molar-refractivity contribution in [2.24, 2.45) is 4.40 Å². The van der Waals surface area contributed by atoms with Crippen LogP contribution in [0.5, 0.6) is 11.5 Å². The summed E-state index contributed by atoms with van der Waals surface area (Å²) >= 11 is 0. The maximum atomic E-state index is 12.2. The number of nitrogens with zero attached hydrogens (tertiary/aromatic N) is 1. The Morgan fingerprint density at radius 3 is 2.27 bits per heavy atom. The third kappa shape index (κ3) is 7.70. The third-order valence-electron chi connectivity index (χ3n) is 3.40. The Labute approximate surface area is 170 Å². The van der Waals surface area contributed by atoms with E-state index < -0.39 is 39.8 Å². The van der Waals surface area contributed by atoms with Crippen molar-refractivity contribution in [2.75, 3.05) is 0 Å². The summed E-state index contributed by atoms with van der Waals surface area (Å²) in [6.07, 6.45) is 1.80. The summed E-state index contributed by atoms with van der Waals surface area (Å²) < 4.78 is 70.4. The highest BCUT2D eigenvalue weighted by Crippen LogP contribution is 2.28. The lowest BCUT2D eigenvalue weighted by Crippen LogP contribution is -2.26. The third-order valence-corrected chi connectivity index (χ3v) is 4.43. The summed E-state index contributed by atoms with van der Waals surface area (Å²) in [6, 6.07) is 4.17. The number of carbonyl (C=O) groups is 2. The largest absolute Gasteiger partial charge is 0.861 e. The van der Waals surface area contributed by atoms with E-state index >= 15 is 0 Å². The van der Waals surface area contributed by atoms with Crippen molar-refractivity contribution in [3.8, 4) is 11.5 Å². The van der Waals surface area contributed by atoms with E-state index in [1.807, 2.05) is 0 Å². The topological polar surface area (TPSA) is 122 Å². The van der Waals surface area contributed by atoms with Crippen LogP contribution in [0.4, 0.5) is 13.2 Å². The molecule has 1 aromatic carbocycles. The summed E-state index contributed by atoms with van der Waals surface area (Å²) in [5.74, 6) is -2.82. The summed E-state index contributed by atoms with van der Waals surface area (Å²) in [7, 11) is -5.87. The van der Waals surface area contributed by atoms with Crippen LogP contribution in [0.3, 0.4) is 0 Å². The molecule has 0 amide bonds. The Hall–Kier alpha value is -3.15. The van der Waals surface area contributed by atoms with E-state index in [1.165, 1.54) is 18.2 Å². The molecule has 164 valence electrons. The summed E-state index contributed by atoms with van der Waals surface area (Å²) in [6.45, 7) is 6.51. The number of halogens is 3. The number of benzene rings is 1. The van der Waals surface area contributed by atoms with E-state index in [0.717, 1.165) is 12.2 Å². The lowest BCUT2D eigenvalue weighted by molar-refractivity contribution is -0.218. The van der Waals surface area contributed by atoms with Crippen LogP contribution < -0.4 is 14.6 Å². The average Bonchev–Trinajstić information content (AvgIpc) is 2.65. The molecule has 30 heavy (non-hydrogen) atoms. The van der Waals surface area contributed by atoms with E-state index in [1.54, 1.807) is 0 Å². The van der Waals surface area contributed by atoms with Gasteiger partial charge < -0.3 is 14.6 Å². The quantitative estimate of drug-likeness (QED) is 0.134. The molecular formula is C18H17F3NO7S-. The van der Waals surface area contributed by atoms with Gasteiger partial charge in [0.25, 0.3) is 0 Å². The number of unbranched alkanes of at least 4 members (excludes halogenated alkanes) is 1. The molecule has 0 N–H and O–H groups in total. The van der Waals surface area contributed by atoms with Gasteiger partial charge in [-0.2, -0.15) is 26.0 Å². The molecule has 0 aliphatic heterocycles. The predicted molar refractivity (Wildman–Crippen MR) is 98.1 cm³/mol. The molecule has 0 saturated carbocycles. The van der Waals surface area contributed by atoms with Gasteiger partial charge in [-0.25, -0.2) is 9.59 Å². The minimum Gasteiger partial charge on any atom is -0.861 e. The van der Waals surface area contributed by atoms with Gasteiger partial charge in [-0.15, -0.1) is 0 Å². The SMILES string of the molecule is C=CC(=O)Oc1ccc(CCCCC([O-])=NS(=O)(=O)C(F)(F)F)c(OC(=O)C=C)c1. The number of rotatable bonds is 10. The minimum atomic E-state index is -5.87. The van der Waals surface area contributed by atoms with Crippen LogP contribution in [-0.2, 0) is 26.0 Å². The van der Waals surface area contributed by atoms with Crippen LogP contribution in [0.15, 0.2) is 47.9 Å². The Morgan fingerprint density at radius 2 is 1.70 bits per heavy atom. The van der Waals surface area contributed by atoms with Gasteiger partial charge in [0.2, 0.25) is 0 Å². The van der Waals surface area contributed by atoms with Gasteiger partial charge in [0, 0.05) is 18.2 Å². The van der Waals surface area contributed by atoms with Gasteiger partial charge in [-0.05, 0) is 43.2 Å². The van der Waals surface area contributed by atoms with E-state index in [9.17, 15) is 36.3 Å². The maximum absolute atomic E-state index is 12.2. The van der Waals surface area contributed by atoms with Crippen LogP contribution in [0.25, 0.3) is 0 Å². The zero-order chi connectivity index (χ0) is 22.9. The van der Waals surface area contributed by atoms with Crippen LogP contribution in [-0.4, -0.2) is 31.8 Å². The zero-order valence-corrected chi connectivity index (χ0v) is 16.3. The number of aryl methyl sites for hydroxylation is 1. The number of hydrogen-bond acceptors (Lipinski definition) is 7. The highest BCUT2D eigenvalue weighted by atomic mass is 32.2. The molecule has 8 nitrogen and oxygen atoms in total. The fourth-order valence-corrected chi connectivity index (χ4v) is 2.49. The lowest BCUT2D eigenvalue weighted by atomic mass is 10.1. The molecule has 0 aliphatic rings. The second-order valence-corrected chi connectivity index (χ2v) is 7.23. The van der Waals surface area contributed by atoms with Gasteiger partial charge in [0.1, 0.15) is 11.5 Å². The smallest absolute Gasteiger partial charge is 0.518 e. The van der Waals surface area contributed by atoms with Crippen molar-refractivity contribution < 1.29 is 45.8 Å². The molecule has 0 atom stereocenters. The van der Waals surface area contributed by atoms with Gasteiger partial charge in [0.05, 0.1) is 0 Å². The molecule has 0 aliphatic carbocycles. The summed E-state index contributed by atoms with van der Waals surface area (Å²) in [5, 5.41) is 11.4. The van der Waals surface area contributed by atoms with Crippen LogP contribution in [0.1, 0.15) is 24.8 Å². The van der Waals surface area contributed by atoms with Gasteiger partial charge in [-0.3, -0.25) is 0 Å². The normalized spacial score (nSPS) is 12.2. The fourth-order valence-electron chi connectivity index (χ4n) is 2.03. The molecule has 0 aromatic heterocycles. The Balaban J connectivity index is 2.82. The number of carbonyl (C=O) groups excluding carboxylic acids is 2. The second-order valence-electron chi connectivity index (χ2n) is 5.63. The van der Waals surface area contributed by atoms with Crippen molar-refractivity contribution in [1.29, 1.82) is 0 Å². The first-order valence-corrected chi connectivity index (χ1v) is 9.72. The van der Waals surface area contributed by atoms with Crippen molar-refractivity contribution >= 4 is 27.9 Å². The zero-order valence-electron chi connectivity index (χ0n) is 15.5. The molecule has 0 radical (unpaired) electrons. The van der Waals surface area contributed by atoms with E-state index in [-0.39, 0.29) is 30.8 Å². The monoisotopic (exact) mass is 448 g/mol. The van der Waals surface area contributed by atoms with Gasteiger partial charge >= 0.3 is 27.5 Å². The number of esters is 2. The molecule has 0 bridgehead atoms. The molecule has 0 spiro atoms. The van der Waals surface area contributed by atoms with E-state index in [2.05, 4.69) is 17.6 Å². The Kier molecular flexibility index (Phi) is 8.77. The first-order chi connectivity index (χ1) is 13.9. The number of hydrogen-bond donors (Lipinski definition) is 0. The molecular weight excluding hydrogens is 431 g/mol. The van der Waals surface area contributed by atoms with Crippen molar-refractivity contribution in [3.05, 3.63) is 49.1 Å². The molecule has 12 heteroatoms. The molecule has 1 aromatic rings. The van der Waals surface area contributed by atoms with Crippen LogP contribution in [0.2, 0.25) is 0 Å². The Bertz CT molecular complexity index is 953. The highest BCUT2D eigenvalue weighted by Gasteiger charge is 2.45. The first-order valence-electron chi connectivity index (χ1n) is 8.28. The fraction of sp³-hybridized carbons (Fsp3) is 0.278. The molecule has 0 fully saturated rings. The molecule has 0 unspecified atom stereocenters. The molecule has 0 saturated heterocycles. The number of sulfonamides is 1. The van der Waals surface area contributed by atoms with Crippen LogP contribution >= 0.6 is 0 Å². The average molecular weight is 448 g/mol. The van der Waals surface area contributed by atoms with E-state index in [4.69, 9.17) is 9.47 Å². The van der Waals surface area contributed by atoms with Crippen molar-refractivity contribution in [3.63, 3.8) is 0 Å². The van der Waals surface area contributed by atoms with Gasteiger partial charge in [0.15, 0.2) is 0 Å². The van der Waals surface area contributed by atoms with Crippen molar-refractivity contribution in [2.45, 2.75) is 31.2 Å². The van der Waals surface area contributed by atoms with Crippen LogP contribution in [0, 0.1) is 0 Å². The second kappa shape index (κ2) is 10.6.